The first-order valence-corrected chi connectivity index (χ1v) is 10.7. The zero-order chi connectivity index (χ0) is 20.2. The molecule has 0 spiro atoms. The van der Waals surface area contributed by atoms with E-state index in [1.54, 1.807) is 31.3 Å². The second-order valence-corrected chi connectivity index (χ2v) is 8.64. The van der Waals surface area contributed by atoms with Gasteiger partial charge in [0.1, 0.15) is 5.82 Å². The van der Waals surface area contributed by atoms with Gasteiger partial charge in [-0.2, -0.15) is 0 Å². The van der Waals surface area contributed by atoms with E-state index in [0.717, 1.165) is 24.0 Å². The average molecular weight is 532 g/mol. The topological polar surface area (TPSA) is 96.6 Å². The van der Waals surface area contributed by atoms with Crippen LogP contribution in [-0.4, -0.2) is 34.5 Å². The number of nitrogens with zero attached hydrogens (tertiary/aromatic N) is 1. The van der Waals surface area contributed by atoms with Crippen LogP contribution in [0.5, 0.6) is 0 Å². The van der Waals surface area contributed by atoms with Gasteiger partial charge < -0.3 is 10.6 Å². The third-order valence-electron chi connectivity index (χ3n) is 5.07. The lowest BCUT2D eigenvalue weighted by atomic mass is 9.96. The monoisotopic (exact) mass is 532 g/mol. The zero-order valence-electron chi connectivity index (χ0n) is 16.2. The van der Waals surface area contributed by atoms with E-state index in [2.05, 4.69) is 15.6 Å². The van der Waals surface area contributed by atoms with Crippen molar-refractivity contribution in [3.63, 3.8) is 0 Å². The van der Waals surface area contributed by atoms with Gasteiger partial charge in [-0.15, -0.1) is 24.0 Å². The minimum Gasteiger partial charge on any atom is -0.356 e. The number of aliphatic imine (C=N–C) groups is 1. The van der Waals surface area contributed by atoms with Crippen molar-refractivity contribution < 1.29 is 12.8 Å². The Morgan fingerprint density at radius 3 is 2.41 bits per heavy atom. The summed E-state index contributed by atoms with van der Waals surface area (Å²) in [5.41, 5.74) is 1.99. The molecule has 6 nitrogen and oxygen atoms in total. The zero-order valence-corrected chi connectivity index (χ0v) is 19.3. The van der Waals surface area contributed by atoms with Crippen molar-refractivity contribution in [3.05, 3.63) is 65.5 Å². The minimum atomic E-state index is -3.67. The summed E-state index contributed by atoms with van der Waals surface area (Å²) < 4.78 is 36.1. The van der Waals surface area contributed by atoms with Crippen LogP contribution in [0.3, 0.4) is 0 Å². The molecular formula is C20H26FIN4O2S. The molecule has 0 atom stereocenters. The van der Waals surface area contributed by atoms with Crippen molar-refractivity contribution in [3.8, 4) is 0 Å². The molecule has 158 valence electrons. The number of rotatable bonds is 7. The van der Waals surface area contributed by atoms with Gasteiger partial charge >= 0.3 is 0 Å². The summed E-state index contributed by atoms with van der Waals surface area (Å²) >= 11 is 0. The highest BCUT2D eigenvalue weighted by molar-refractivity contribution is 14.0. The fourth-order valence-corrected chi connectivity index (χ4v) is 3.70. The average Bonchev–Trinajstić information content (AvgIpc) is 3.45. The minimum absolute atomic E-state index is 0. The van der Waals surface area contributed by atoms with Gasteiger partial charge in [0.25, 0.3) is 0 Å². The number of hydrogen-bond acceptors (Lipinski definition) is 3. The van der Waals surface area contributed by atoms with E-state index in [9.17, 15) is 12.8 Å². The predicted octanol–water partition coefficient (Wildman–Crippen LogP) is 2.53. The van der Waals surface area contributed by atoms with Crippen LogP contribution in [0.15, 0.2) is 58.4 Å². The Morgan fingerprint density at radius 1 is 1.17 bits per heavy atom. The quantitative estimate of drug-likeness (QED) is 0.290. The van der Waals surface area contributed by atoms with Gasteiger partial charge in [0, 0.05) is 25.6 Å². The maximum absolute atomic E-state index is 13.5. The van der Waals surface area contributed by atoms with Crippen molar-refractivity contribution in [1.82, 2.24) is 10.6 Å². The van der Waals surface area contributed by atoms with Gasteiger partial charge in [0.05, 0.1) is 4.90 Å². The van der Waals surface area contributed by atoms with Crippen LogP contribution in [-0.2, 0) is 21.9 Å². The number of nitrogens with two attached hydrogens (primary N) is 1. The number of sulfonamides is 1. The summed E-state index contributed by atoms with van der Waals surface area (Å²) in [7, 11) is -1.96. The molecule has 2 aromatic carbocycles. The third-order valence-corrected chi connectivity index (χ3v) is 6.00. The Hall–Kier alpha value is -1.72. The molecule has 0 amide bonds. The van der Waals surface area contributed by atoms with E-state index < -0.39 is 10.0 Å². The van der Waals surface area contributed by atoms with Gasteiger partial charge in [-0.05, 0) is 54.7 Å². The molecule has 0 aliphatic heterocycles. The fraction of sp³-hybridized carbons (Fsp3) is 0.350. The highest BCUT2D eigenvalue weighted by Gasteiger charge is 2.44. The maximum atomic E-state index is 13.5. The van der Waals surface area contributed by atoms with Crippen molar-refractivity contribution in [1.29, 1.82) is 0 Å². The summed E-state index contributed by atoms with van der Waals surface area (Å²) in [4.78, 5) is 4.34. The first-order chi connectivity index (χ1) is 13.3. The van der Waals surface area contributed by atoms with Crippen LogP contribution in [0.25, 0.3) is 0 Å². The van der Waals surface area contributed by atoms with Crippen LogP contribution in [0, 0.1) is 5.82 Å². The summed E-state index contributed by atoms with van der Waals surface area (Å²) in [6.07, 6.45) is 2.76. The Morgan fingerprint density at radius 2 is 1.86 bits per heavy atom. The Balaban J connectivity index is 0.00000300. The van der Waals surface area contributed by atoms with E-state index in [0.29, 0.717) is 25.5 Å². The van der Waals surface area contributed by atoms with Gasteiger partial charge in [0.2, 0.25) is 10.0 Å². The lowest BCUT2D eigenvalue weighted by molar-refractivity contribution is 0.597. The molecule has 9 heteroatoms. The molecule has 0 bridgehead atoms. The molecule has 29 heavy (non-hydrogen) atoms. The first kappa shape index (κ1) is 23.6. The fourth-order valence-electron chi connectivity index (χ4n) is 3.18. The Bertz CT molecular complexity index is 961. The lowest BCUT2D eigenvalue weighted by Crippen LogP contribution is -2.42. The highest BCUT2D eigenvalue weighted by atomic mass is 127. The number of nitrogens with one attached hydrogen (secondary N) is 2. The molecule has 3 rings (SSSR count). The maximum Gasteiger partial charge on any atom is 0.238 e. The third kappa shape index (κ3) is 6.38. The number of benzene rings is 2. The molecule has 1 fully saturated rings. The molecule has 2 aromatic rings. The van der Waals surface area contributed by atoms with Crippen LogP contribution >= 0.6 is 24.0 Å². The molecule has 0 heterocycles. The van der Waals surface area contributed by atoms with E-state index >= 15 is 0 Å². The number of hydrogen-bond donors (Lipinski definition) is 3. The van der Waals surface area contributed by atoms with Gasteiger partial charge in [-0.3, -0.25) is 4.99 Å². The summed E-state index contributed by atoms with van der Waals surface area (Å²) in [5.74, 6) is 0.476. The van der Waals surface area contributed by atoms with Crippen molar-refractivity contribution in [2.45, 2.75) is 29.6 Å². The summed E-state index contributed by atoms with van der Waals surface area (Å²) in [6, 6.07) is 13.3. The van der Waals surface area contributed by atoms with Crippen LogP contribution < -0.4 is 15.8 Å². The molecule has 0 radical (unpaired) electrons. The van der Waals surface area contributed by atoms with Gasteiger partial charge in [-0.1, -0.05) is 24.3 Å². The molecule has 0 unspecified atom stereocenters. The van der Waals surface area contributed by atoms with Gasteiger partial charge in [-0.25, -0.2) is 17.9 Å². The van der Waals surface area contributed by atoms with E-state index in [-0.39, 0.29) is 40.1 Å². The molecule has 1 aliphatic carbocycles. The second kappa shape index (κ2) is 9.86. The Kier molecular flexibility index (Phi) is 8.01. The van der Waals surface area contributed by atoms with E-state index in [1.165, 1.54) is 18.2 Å². The SMILES string of the molecule is CN=C(NCCc1ccc(S(N)(=O)=O)cc1)NCC1(c2cccc(F)c2)CC1.I. The summed E-state index contributed by atoms with van der Waals surface area (Å²) in [5, 5.41) is 11.7. The Labute approximate surface area is 188 Å². The van der Waals surface area contributed by atoms with Crippen molar-refractivity contribution in [2.75, 3.05) is 20.1 Å². The lowest BCUT2D eigenvalue weighted by Gasteiger charge is -2.19. The van der Waals surface area contributed by atoms with Crippen LogP contribution in [0.2, 0.25) is 0 Å². The van der Waals surface area contributed by atoms with Crippen LogP contribution in [0.4, 0.5) is 4.39 Å². The van der Waals surface area contributed by atoms with E-state index in [1.807, 2.05) is 6.07 Å². The number of guanidine groups is 1. The summed E-state index contributed by atoms with van der Waals surface area (Å²) in [6.45, 7) is 1.33. The van der Waals surface area contributed by atoms with Crippen LogP contribution in [0.1, 0.15) is 24.0 Å². The van der Waals surface area contributed by atoms with Gasteiger partial charge in [0.15, 0.2) is 5.96 Å². The first-order valence-electron chi connectivity index (χ1n) is 9.15. The number of halogens is 2. The smallest absolute Gasteiger partial charge is 0.238 e. The molecule has 4 N–H and O–H groups in total. The van der Waals surface area contributed by atoms with Crippen molar-refractivity contribution >= 4 is 40.0 Å². The molecule has 0 aromatic heterocycles. The molecular weight excluding hydrogens is 506 g/mol. The van der Waals surface area contributed by atoms with Crippen molar-refractivity contribution in [2.24, 2.45) is 10.1 Å². The normalized spacial score (nSPS) is 15.3. The second-order valence-electron chi connectivity index (χ2n) is 7.08. The highest BCUT2D eigenvalue weighted by Crippen LogP contribution is 2.47. The molecule has 1 aliphatic rings. The number of primary sulfonamides is 1. The largest absolute Gasteiger partial charge is 0.356 e. The predicted molar refractivity (Wildman–Crippen MR) is 124 cm³/mol. The van der Waals surface area contributed by atoms with E-state index in [4.69, 9.17) is 5.14 Å². The molecule has 0 saturated heterocycles. The molecule has 1 saturated carbocycles. The standard InChI is InChI=1S/C20H25FN4O2S.HI/c1-23-19(24-12-9-15-5-7-18(8-6-15)28(22,26)27)25-14-20(10-11-20)16-3-2-4-17(21)13-16;/h2-8,13H,9-12,14H2,1H3,(H2,22,26,27)(H2,23,24,25);1H.